The predicted molar refractivity (Wildman–Crippen MR) is 131 cm³/mol. The Bertz CT molecular complexity index is 1260. The van der Waals surface area contributed by atoms with Gasteiger partial charge in [0.2, 0.25) is 0 Å². The third-order valence-electron chi connectivity index (χ3n) is 5.51. The number of hydrogen-bond acceptors (Lipinski definition) is 1. The standard InChI is InChI=1S/C30H23N/c1-22-10-8-15-25(18-22)26-16-9-17-27(19-26)30-21-28(23-11-4-2-5-12-23)20-29(31-30)24-13-6-3-7-14-24/h2-21H,1H3. The van der Waals surface area contributed by atoms with Crippen molar-refractivity contribution >= 4 is 0 Å². The lowest BCUT2D eigenvalue weighted by Gasteiger charge is -2.11. The van der Waals surface area contributed by atoms with E-state index >= 15 is 0 Å². The SMILES string of the molecule is Cc1cccc(-c2cccc(-c3cc(-c4ccccc4)cc(-c4ccccc4)n3)c2)c1. The maximum absolute atomic E-state index is 5.05. The van der Waals surface area contributed by atoms with E-state index in [9.17, 15) is 0 Å². The van der Waals surface area contributed by atoms with E-state index < -0.39 is 0 Å². The van der Waals surface area contributed by atoms with E-state index in [0.717, 1.165) is 22.5 Å². The minimum Gasteiger partial charge on any atom is -0.248 e. The molecule has 0 atom stereocenters. The van der Waals surface area contributed by atoms with Gasteiger partial charge in [-0.25, -0.2) is 4.98 Å². The molecule has 0 unspecified atom stereocenters. The van der Waals surface area contributed by atoms with Crippen LogP contribution in [0.4, 0.5) is 0 Å². The third kappa shape index (κ3) is 4.17. The molecule has 4 aromatic carbocycles. The molecule has 5 aromatic rings. The van der Waals surface area contributed by atoms with Crippen molar-refractivity contribution in [2.24, 2.45) is 0 Å². The van der Waals surface area contributed by atoms with E-state index in [-0.39, 0.29) is 0 Å². The quantitative estimate of drug-likeness (QED) is 0.299. The second kappa shape index (κ2) is 8.41. The second-order valence-electron chi connectivity index (χ2n) is 7.81. The molecule has 1 heterocycles. The van der Waals surface area contributed by atoms with Crippen LogP contribution in [0.15, 0.2) is 121 Å². The molecule has 0 spiro atoms. The summed E-state index contributed by atoms with van der Waals surface area (Å²) in [6.45, 7) is 2.13. The van der Waals surface area contributed by atoms with Crippen molar-refractivity contribution in [1.29, 1.82) is 0 Å². The Kier molecular flexibility index (Phi) is 5.16. The highest BCUT2D eigenvalue weighted by molar-refractivity contribution is 5.78. The topological polar surface area (TPSA) is 12.9 Å². The van der Waals surface area contributed by atoms with Gasteiger partial charge in [0.05, 0.1) is 11.4 Å². The molecule has 0 aliphatic rings. The van der Waals surface area contributed by atoms with Crippen LogP contribution in [-0.4, -0.2) is 4.98 Å². The van der Waals surface area contributed by atoms with Crippen LogP contribution in [0.1, 0.15) is 5.56 Å². The second-order valence-corrected chi connectivity index (χ2v) is 7.81. The first kappa shape index (κ1) is 19.0. The van der Waals surface area contributed by atoms with Gasteiger partial charge >= 0.3 is 0 Å². The summed E-state index contributed by atoms with van der Waals surface area (Å²) in [5.41, 5.74) is 10.3. The fraction of sp³-hybridized carbons (Fsp3) is 0.0333. The average molecular weight is 398 g/mol. The number of hydrogen-bond donors (Lipinski definition) is 0. The van der Waals surface area contributed by atoms with Gasteiger partial charge in [-0.3, -0.25) is 0 Å². The summed E-state index contributed by atoms with van der Waals surface area (Å²) in [4.78, 5) is 5.05. The van der Waals surface area contributed by atoms with E-state index in [4.69, 9.17) is 4.98 Å². The molecule has 0 saturated heterocycles. The van der Waals surface area contributed by atoms with Gasteiger partial charge < -0.3 is 0 Å². The van der Waals surface area contributed by atoms with Crippen molar-refractivity contribution in [3.63, 3.8) is 0 Å². The number of rotatable bonds is 4. The maximum Gasteiger partial charge on any atom is 0.0715 e. The highest BCUT2D eigenvalue weighted by atomic mass is 14.7. The number of aromatic nitrogens is 1. The summed E-state index contributed by atoms with van der Waals surface area (Å²) >= 11 is 0. The predicted octanol–water partition coefficient (Wildman–Crippen LogP) is 8.06. The normalized spacial score (nSPS) is 10.7. The Morgan fingerprint density at radius 2 is 0.903 bits per heavy atom. The largest absolute Gasteiger partial charge is 0.248 e. The minimum absolute atomic E-state index is 0.981. The van der Waals surface area contributed by atoms with Gasteiger partial charge in [0.15, 0.2) is 0 Å². The lowest BCUT2D eigenvalue weighted by Crippen LogP contribution is -1.91. The van der Waals surface area contributed by atoms with Gasteiger partial charge in [-0.05, 0) is 47.4 Å². The molecule has 1 heteroatoms. The molecular formula is C30H23N. The molecule has 1 aromatic heterocycles. The monoisotopic (exact) mass is 397 g/mol. The van der Waals surface area contributed by atoms with Gasteiger partial charge in [-0.15, -0.1) is 0 Å². The van der Waals surface area contributed by atoms with Crippen molar-refractivity contribution in [3.8, 4) is 44.8 Å². The first-order chi connectivity index (χ1) is 15.3. The van der Waals surface area contributed by atoms with Crippen molar-refractivity contribution in [2.75, 3.05) is 0 Å². The first-order valence-corrected chi connectivity index (χ1v) is 10.6. The average Bonchev–Trinajstić information content (AvgIpc) is 2.85. The van der Waals surface area contributed by atoms with Crippen LogP contribution in [-0.2, 0) is 0 Å². The maximum atomic E-state index is 5.05. The number of pyridine rings is 1. The lowest BCUT2D eigenvalue weighted by molar-refractivity contribution is 1.32. The Morgan fingerprint density at radius 1 is 0.387 bits per heavy atom. The smallest absolute Gasteiger partial charge is 0.0715 e. The Balaban J connectivity index is 1.66. The van der Waals surface area contributed by atoms with Crippen LogP contribution >= 0.6 is 0 Å². The van der Waals surface area contributed by atoms with Crippen molar-refractivity contribution < 1.29 is 0 Å². The highest BCUT2D eigenvalue weighted by Crippen LogP contribution is 2.32. The zero-order chi connectivity index (χ0) is 21.0. The van der Waals surface area contributed by atoms with Crippen LogP contribution in [0, 0.1) is 6.92 Å². The van der Waals surface area contributed by atoms with E-state index in [2.05, 4.69) is 122 Å². The number of aryl methyl sites for hydroxylation is 1. The van der Waals surface area contributed by atoms with Crippen LogP contribution < -0.4 is 0 Å². The Labute approximate surface area is 183 Å². The molecule has 0 saturated carbocycles. The Morgan fingerprint density at radius 3 is 1.58 bits per heavy atom. The minimum atomic E-state index is 0.981. The summed E-state index contributed by atoms with van der Waals surface area (Å²) in [6.07, 6.45) is 0. The number of benzene rings is 4. The number of nitrogens with zero attached hydrogens (tertiary/aromatic N) is 1. The lowest BCUT2D eigenvalue weighted by atomic mass is 9.97. The fourth-order valence-electron chi connectivity index (χ4n) is 3.92. The molecule has 5 rings (SSSR count). The molecule has 0 aliphatic carbocycles. The summed E-state index contributed by atoms with van der Waals surface area (Å²) in [7, 11) is 0. The van der Waals surface area contributed by atoms with Crippen LogP contribution in [0.3, 0.4) is 0 Å². The van der Waals surface area contributed by atoms with Gasteiger partial charge in [0.25, 0.3) is 0 Å². The van der Waals surface area contributed by atoms with Crippen LogP contribution in [0.25, 0.3) is 44.8 Å². The molecule has 0 fully saturated rings. The molecule has 0 N–H and O–H groups in total. The summed E-state index contributed by atoms with van der Waals surface area (Å²) in [5, 5.41) is 0. The zero-order valence-corrected chi connectivity index (χ0v) is 17.5. The van der Waals surface area contributed by atoms with Gasteiger partial charge in [-0.2, -0.15) is 0 Å². The summed E-state index contributed by atoms with van der Waals surface area (Å²) in [6, 6.07) is 42.6. The summed E-state index contributed by atoms with van der Waals surface area (Å²) in [5.74, 6) is 0. The highest BCUT2D eigenvalue weighted by Gasteiger charge is 2.10. The molecule has 0 bridgehead atoms. The molecule has 0 amide bonds. The van der Waals surface area contributed by atoms with Crippen molar-refractivity contribution in [2.45, 2.75) is 6.92 Å². The van der Waals surface area contributed by atoms with E-state index in [1.54, 1.807) is 0 Å². The van der Waals surface area contributed by atoms with E-state index in [0.29, 0.717) is 0 Å². The fourth-order valence-corrected chi connectivity index (χ4v) is 3.92. The van der Waals surface area contributed by atoms with Crippen LogP contribution in [0.5, 0.6) is 0 Å². The molecule has 0 aliphatic heterocycles. The van der Waals surface area contributed by atoms with Crippen molar-refractivity contribution in [3.05, 3.63) is 127 Å². The zero-order valence-electron chi connectivity index (χ0n) is 17.5. The Hall–Kier alpha value is -3.97. The molecule has 1 nitrogen and oxygen atoms in total. The summed E-state index contributed by atoms with van der Waals surface area (Å²) < 4.78 is 0. The molecule has 0 radical (unpaired) electrons. The van der Waals surface area contributed by atoms with E-state index in [1.807, 2.05) is 6.07 Å². The van der Waals surface area contributed by atoms with Crippen LogP contribution in [0.2, 0.25) is 0 Å². The van der Waals surface area contributed by atoms with Gasteiger partial charge in [-0.1, -0.05) is 109 Å². The van der Waals surface area contributed by atoms with E-state index in [1.165, 1.54) is 27.8 Å². The first-order valence-electron chi connectivity index (χ1n) is 10.6. The third-order valence-corrected chi connectivity index (χ3v) is 5.51. The van der Waals surface area contributed by atoms with Crippen molar-refractivity contribution in [1.82, 2.24) is 4.98 Å². The molecular weight excluding hydrogens is 374 g/mol. The van der Waals surface area contributed by atoms with Gasteiger partial charge in [0.1, 0.15) is 0 Å². The van der Waals surface area contributed by atoms with Gasteiger partial charge in [0, 0.05) is 11.1 Å². The molecule has 31 heavy (non-hydrogen) atoms. The molecule has 148 valence electrons.